The van der Waals surface area contributed by atoms with Gasteiger partial charge in [0.1, 0.15) is 17.5 Å². The molecule has 2 fully saturated rings. The van der Waals surface area contributed by atoms with Crippen molar-refractivity contribution in [1.82, 2.24) is 30.2 Å². The summed E-state index contributed by atoms with van der Waals surface area (Å²) in [6.07, 6.45) is 8.49. The largest absolute Gasteiger partial charge is 0.390 e. The fraction of sp³-hybridized carbons (Fsp3) is 0.320. The molecule has 11 heteroatoms. The molecule has 9 nitrogen and oxygen atoms in total. The average molecular weight is 491 g/mol. The van der Waals surface area contributed by atoms with Crippen molar-refractivity contribution < 1.29 is 13.9 Å². The van der Waals surface area contributed by atoms with E-state index in [0.717, 1.165) is 49.0 Å². The highest BCUT2D eigenvalue weighted by Gasteiger charge is 2.29. The van der Waals surface area contributed by atoms with Gasteiger partial charge in [0.2, 0.25) is 0 Å². The van der Waals surface area contributed by atoms with Gasteiger partial charge in [-0.3, -0.25) is 4.98 Å². The Balaban J connectivity index is 1.40. The first-order valence-corrected chi connectivity index (χ1v) is 11.9. The predicted molar refractivity (Wildman–Crippen MR) is 131 cm³/mol. The second-order valence-electron chi connectivity index (χ2n) is 9.14. The van der Waals surface area contributed by atoms with Crippen LogP contribution in [0.2, 0.25) is 0 Å². The minimum absolute atomic E-state index is 0.138. The summed E-state index contributed by atoms with van der Waals surface area (Å²) in [7, 11) is 0. The zero-order chi connectivity index (χ0) is 24.6. The van der Waals surface area contributed by atoms with Gasteiger partial charge in [-0.1, -0.05) is 0 Å². The number of fused-ring (bicyclic) bond motifs is 1. The number of nitrogens with one attached hydrogen (secondary N) is 3. The number of aliphatic hydroxyl groups is 1. The van der Waals surface area contributed by atoms with Gasteiger partial charge in [-0.05, 0) is 49.4 Å². The lowest BCUT2D eigenvalue weighted by Crippen LogP contribution is -2.47. The molecule has 184 valence electrons. The molecule has 2 aliphatic rings. The Hall–Kier alpha value is -3.83. The smallest absolute Gasteiger partial charge is 0.168 e. The number of aliphatic hydroxyl groups excluding tert-OH is 1. The summed E-state index contributed by atoms with van der Waals surface area (Å²) >= 11 is 0. The summed E-state index contributed by atoms with van der Waals surface area (Å²) in [5, 5.41) is 20.9. The number of hydrogen-bond acceptors (Lipinski definition) is 9. The quantitative estimate of drug-likeness (QED) is 0.322. The maximum absolute atomic E-state index is 14.1. The molecule has 0 aromatic carbocycles. The van der Waals surface area contributed by atoms with Gasteiger partial charge in [-0.25, -0.2) is 28.7 Å². The fourth-order valence-electron chi connectivity index (χ4n) is 4.50. The molecule has 4 aromatic heterocycles. The van der Waals surface area contributed by atoms with Crippen LogP contribution in [-0.2, 0) is 0 Å². The van der Waals surface area contributed by atoms with Crippen molar-refractivity contribution >= 4 is 28.4 Å². The maximum atomic E-state index is 14.1. The van der Waals surface area contributed by atoms with E-state index in [-0.39, 0.29) is 11.9 Å². The van der Waals surface area contributed by atoms with Crippen LogP contribution in [0.1, 0.15) is 30.7 Å². The van der Waals surface area contributed by atoms with E-state index in [4.69, 9.17) is 9.97 Å². The molecule has 5 heterocycles. The fourth-order valence-corrected chi connectivity index (χ4v) is 4.50. The van der Waals surface area contributed by atoms with E-state index in [1.54, 1.807) is 24.5 Å². The molecular weight excluding hydrogens is 466 g/mol. The number of halogens is 2. The molecule has 4 aromatic rings. The van der Waals surface area contributed by atoms with Crippen molar-refractivity contribution in [3.05, 3.63) is 60.2 Å². The minimum Gasteiger partial charge on any atom is -0.390 e. The van der Waals surface area contributed by atoms with Crippen LogP contribution in [0.3, 0.4) is 0 Å². The van der Waals surface area contributed by atoms with E-state index in [9.17, 15) is 13.9 Å². The van der Waals surface area contributed by atoms with Gasteiger partial charge in [-0.15, -0.1) is 0 Å². The lowest BCUT2D eigenvalue weighted by Gasteiger charge is -2.30. The zero-order valence-corrected chi connectivity index (χ0v) is 19.2. The second-order valence-corrected chi connectivity index (χ2v) is 9.14. The molecule has 2 atom stereocenters. The van der Waals surface area contributed by atoms with Crippen LogP contribution >= 0.6 is 0 Å². The molecule has 6 rings (SSSR count). The highest BCUT2D eigenvalue weighted by atomic mass is 19.1. The Morgan fingerprint density at radius 1 is 1.00 bits per heavy atom. The number of hydrogen-bond donors (Lipinski definition) is 4. The Labute approximate surface area is 205 Å². The Morgan fingerprint density at radius 3 is 2.69 bits per heavy atom. The number of pyridine rings is 3. The van der Waals surface area contributed by atoms with Crippen LogP contribution < -0.4 is 16.0 Å². The Morgan fingerprint density at radius 2 is 1.89 bits per heavy atom. The van der Waals surface area contributed by atoms with Gasteiger partial charge < -0.3 is 21.1 Å². The number of piperidine rings is 1. The van der Waals surface area contributed by atoms with E-state index in [0.29, 0.717) is 41.0 Å². The summed E-state index contributed by atoms with van der Waals surface area (Å²) in [5.41, 5.74) is 2.45. The topological polar surface area (TPSA) is 121 Å². The normalized spacial score (nSPS) is 19.9. The lowest BCUT2D eigenvalue weighted by molar-refractivity contribution is 0.128. The third-order valence-electron chi connectivity index (χ3n) is 6.50. The van der Waals surface area contributed by atoms with Crippen molar-refractivity contribution in [3.8, 4) is 11.4 Å². The summed E-state index contributed by atoms with van der Waals surface area (Å²) in [4.78, 5) is 22.1. The van der Waals surface area contributed by atoms with Crippen molar-refractivity contribution in [2.24, 2.45) is 0 Å². The zero-order valence-electron chi connectivity index (χ0n) is 19.2. The maximum Gasteiger partial charge on any atom is 0.168 e. The Bertz CT molecular complexity index is 1430. The first-order valence-electron chi connectivity index (χ1n) is 11.9. The summed E-state index contributed by atoms with van der Waals surface area (Å²) in [6, 6.07) is 4.03. The molecule has 1 saturated carbocycles. The molecule has 2 unspecified atom stereocenters. The van der Waals surface area contributed by atoms with Gasteiger partial charge in [0.15, 0.2) is 17.5 Å². The van der Waals surface area contributed by atoms with Crippen LogP contribution in [-0.4, -0.2) is 55.3 Å². The van der Waals surface area contributed by atoms with Gasteiger partial charge in [0.25, 0.3) is 0 Å². The number of nitrogens with zero attached hydrogens (tertiary/aromatic N) is 5. The molecule has 0 bridgehead atoms. The standard InChI is InChI=1S/C25H24F2N8O/c26-15-8-17(27)24(31-9-15)34-21-7-14(3-6-30-21)23-33-19-11-29-10-16(13-1-2-13)22(19)25(35-23)32-18-4-5-28-12-20(18)36/h3,6-11,13,18,20,28,36H,1-2,4-5,12H2,(H,30,31,34)(H,32,33,35). The van der Waals surface area contributed by atoms with Crippen LogP contribution in [0.25, 0.3) is 22.3 Å². The van der Waals surface area contributed by atoms with E-state index in [1.807, 2.05) is 6.20 Å². The van der Waals surface area contributed by atoms with Crippen molar-refractivity contribution in [1.29, 1.82) is 0 Å². The van der Waals surface area contributed by atoms with Crippen LogP contribution in [0.5, 0.6) is 0 Å². The molecular formula is C25H24F2N8O. The molecule has 36 heavy (non-hydrogen) atoms. The SMILES string of the molecule is OC1CNCCC1Nc1nc(-c2ccnc(Nc3ncc(F)cc3F)c2)nc2cncc(C3CC3)c12. The molecule has 1 aliphatic heterocycles. The van der Waals surface area contributed by atoms with E-state index >= 15 is 0 Å². The van der Waals surface area contributed by atoms with Gasteiger partial charge in [-0.2, -0.15) is 0 Å². The number of β-amino-alcohol motifs (C(OH)–C–C–N with tert-alkyl or cyclic N) is 1. The van der Waals surface area contributed by atoms with E-state index in [2.05, 4.69) is 30.9 Å². The third-order valence-corrected chi connectivity index (χ3v) is 6.50. The van der Waals surface area contributed by atoms with Gasteiger partial charge >= 0.3 is 0 Å². The second kappa shape index (κ2) is 9.32. The first-order chi connectivity index (χ1) is 17.5. The highest BCUT2D eigenvalue weighted by molar-refractivity contribution is 5.93. The van der Waals surface area contributed by atoms with E-state index in [1.165, 1.54) is 0 Å². The number of aromatic nitrogens is 5. The third kappa shape index (κ3) is 4.54. The van der Waals surface area contributed by atoms with Crippen LogP contribution in [0.4, 0.5) is 26.2 Å². The summed E-state index contributed by atoms with van der Waals surface area (Å²) in [6.45, 7) is 1.31. The molecule has 0 radical (unpaired) electrons. The minimum atomic E-state index is -0.824. The molecule has 1 saturated heterocycles. The first kappa shape index (κ1) is 22.6. The molecule has 0 spiro atoms. The Kier molecular flexibility index (Phi) is 5.86. The number of anilines is 3. The predicted octanol–water partition coefficient (Wildman–Crippen LogP) is 3.52. The van der Waals surface area contributed by atoms with E-state index < -0.39 is 17.7 Å². The summed E-state index contributed by atoms with van der Waals surface area (Å²) in [5.74, 6) is 0.105. The monoisotopic (exact) mass is 490 g/mol. The average Bonchev–Trinajstić information content (AvgIpc) is 3.72. The van der Waals surface area contributed by atoms with Crippen molar-refractivity contribution in [3.63, 3.8) is 0 Å². The molecule has 4 N–H and O–H groups in total. The van der Waals surface area contributed by atoms with Crippen LogP contribution in [0.15, 0.2) is 43.0 Å². The molecule has 1 aliphatic carbocycles. The van der Waals surface area contributed by atoms with Crippen molar-refractivity contribution in [2.45, 2.75) is 37.3 Å². The summed E-state index contributed by atoms with van der Waals surface area (Å²) < 4.78 is 27.3. The highest BCUT2D eigenvalue weighted by Crippen LogP contribution is 2.44. The van der Waals surface area contributed by atoms with Crippen molar-refractivity contribution in [2.75, 3.05) is 23.7 Å². The van der Waals surface area contributed by atoms with Gasteiger partial charge in [0.05, 0.1) is 30.1 Å². The van der Waals surface area contributed by atoms with Crippen LogP contribution in [0, 0.1) is 11.6 Å². The number of rotatable bonds is 6. The van der Waals surface area contributed by atoms with Gasteiger partial charge in [0, 0.05) is 36.0 Å². The lowest BCUT2D eigenvalue weighted by atomic mass is 10.0. The molecule has 0 amide bonds.